The third-order valence-corrected chi connectivity index (χ3v) is 2.42. The van der Waals surface area contributed by atoms with Crippen LogP contribution in [-0.4, -0.2) is 29.0 Å². The number of aromatic hydroxyl groups is 1. The standard InChI is InChI=1S/C9H8BrNO2/c10-6-1-2-8(12)7(5-6)9(13)11-3-4-11/h1-2,5,12H,3-4H2. The lowest BCUT2D eigenvalue weighted by molar-refractivity contribution is 0.0882. The Kier molecular flexibility index (Phi) is 2.00. The number of rotatable bonds is 1. The molecule has 0 radical (unpaired) electrons. The van der Waals surface area contributed by atoms with Gasteiger partial charge in [-0.25, -0.2) is 0 Å². The summed E-state index contributed by atoms with van der Waals surface area (Å²) >= 11 is 3.25. The van der Waals surface area contributed by atoms with Crippen LogP contribution in [0.1, 0.15) is 10.4 Å². The quantitative estimate of drug-likeness (QED) is 0.760. The van der Waals surface area contributed by atoms with Gasteiger partial charge in [0.15, 0.2) is 0 Å². The van der Waals surface area contributed by atoms with Crippen molar-refractivity contribution in [2.75, 3.05) is 13.1 Å². The predicted octanol–water partition coefficient (Wildman–Crippen LogP) is 1.61. The first-order valence-electron chi connectivity index (χ1n) is 3.96. The minimum atomic E-state index is -0.0983. The van der Waals surface area contributed by atoms with E-state index in [0.29, 0.717) is 5.56 Å². The number of phenols is 1. The van der Waals surface area contributed by atoms with Crippen LogP contribution in [0.3, 0.4) is 0 Å². The van der Waals surface area contributed by atoms with Crippen molar-refractivity contribution in [1.82, 2.24) is 4.90 Å². The van der Waals surface area contributed by atoms with Gasteiger partial charge in [-0.15, -0.1) is 0 Å². The van der Waals surface area contributed by atoms with Gasteiger partial charge in [0.1, 0.15) is 5.75 Å². The van der Waals surface area contributed by atoms with Gasteiger partial charge in [0, 0.05) is 17.6 Å². The second-order valence-electron chi connectivity index (χ2n) is 2.95. The average molecular weight is 242 g/mol. The Balaban J connectivity index is 2.37. The Labute approximate surface area is 84.1 Å². The molecule has 1 aromatic rings. The zero-order valence-electron chi connectivity index (χ0n) is 6.83. The Hall–Kier alpha value is -1.03. The molecule has 13 heavy (non-hydrogen) atoms. The fourth-order valence-electron chi connectivity index (χ4n) is 1.10. The SMILES string of the molecule is O=C(c1cc(Br)ccc1O)N1CC1. The zero-order valence-corrected chi connectivity index (χ0v) is 8.41. The molecular formula is C9H8BrNO2. The number of phenolic OH excluding ortho intramolecular Hbond substituents is 1. The van der Waals surface area contributed by atoms with Crippen LogP contribution in [0.5, 0.6) is 5.75 Å². The average Bonchev–Trinajstić information content (AvgIpc) is 2.91. The fourth-order valence-corrected chi connectivity index (χ4v) is 1.46. The van der Waals surface area contributed by atoms with Crippen molar-refractivity contribution in [2.24, 2.45) is 0 Å². The lowest BCUT2D eigenvalue weighted by atomic mass is 10.2. The summed E-state index contributed by atoms with van der Waals surface area (Å²) in [5, 5.41) is 9.41. The molecule has 0 saturated carbocycles. The fraction of sp³-hybridized carbons (Fsp3) is 0.222. The maximum Gasteiger partial charge on any atom is 0.257 e. The molecule has 0 aromatic heterocycles. The third-order valence-electron chi connectivity index (χ3n) is 1.92. The largest absolute Gasteiger partial charge is 0.507 e. The van der Waals surface area contributed by atoms with Gasteiger partial charge in [-0.05, 0) is 18.2 Å². The Bertz CT molecular complexity index is 361. The Morgan fingerprint density at radius 1 is 1.46 bits per heavy atom. The smallest absolute Gasteiger partial charge is 0.257 e. The van der Waals surface area contributed by atoms with Gasteiger partial charge in [0.05, 0.1) is 5.56 Å². The van der Waals surface area contributed by atoms with Crippen molar-refractivity contribution in [2.45, 2.75) is 0 Å². The lowest BCUT2D eigenvalue weighted by Crippen LogP contribution is -2.10. The predicted molar refractivity (Wildman–Crippen MR) is 51.7 cm³/mol. The number of carbonyl (C=O) groups is 1. The summed E-state index contributed by atoms with van der Waals surface area (Å²) in [5.74, 6) is -0.0566. The van der Waals surface area contributed by atoms with Crippen molar-refractivity contribution in [3.05, 3.63) is 28.2 Å². The molecule has 1 saturated heterocycles. The number of hydrogen-bond acceptors (Lipinski definition) is 2. The van der Waals surface area contributed by atoms with Gasteiger partial charge in [0.25, 0.3) is 5.91 Å². The molecule has 1 aromatic carbocycles. The first-order chi connectivity index (χ1) is 6.18. The van der Waals surface area contributed by atoms with E-state index in [9.17, 15) is 9.90 Å². The molecule has 1 amide bonds. The van der Waals surface area contributed by atoms with E-state index in [1.807, 2.05) is 0 Å². The second-order valence-corrected chi connectivity index (χ2v) is 3.87. The summed E-state index contributed by atoms with van der Waals surface area (Å²) in [7, 11) is 0. The summed E-state index contributed by atoms with van der Waals surface area (Å²) in [6.07, 6.45) is 0. The highest BCUT2D eigenvalue weighted by Crippen LogP contribution is 2.24. The van der Waals surface area contributed by atoms with E-state index >= 15 is 0 Å². The summed E-state index contributed by atoms with van der Waals surface area (Å²) in [5.41, 5.74) is 0.367. The van der Waals surface area contributed by atoms with E-state index in [1.54, 1.807) is 17.0 Å². The minimum absolute atomic E-state index is 0.0418. The van der Waals surface area contributed by atoms with E-state index in [-0.39, 0.29) is 11.7 Å². The van der Waals surface area contributed by atoms with Crippen molar-refractivity contribution in [3.63, 3.8) is 0 Å². The van der Waals surface area contributed by atoms with Crippen molar-refractivity contribution in [3.8, 4) is 5.75 Å². The van der Waals surface area contributed by atoms with Crippen LogP contribution in [0, 0.1) is 0 Å². The number of benzene rings is 1. The highest BCUT2D eigenvalue weighted by atomic mass is 79.9. The molecule has 1 aliphatic rings. The monoisotopic (exact) mass is 241 g/mol. The third kappa shape index (κ3) is 1.67. The van der Waals surface area contributed by atoms with Gasteiger partial charge in [0.2, 0.25) is 0 Å². The maximum atomic E-state index is 11.5. The molecule has 4 heteroatoms. The van der Waals surface area contributed by atoms with Crippen LogP contribution in [-0.2, 0) is 0 Å². The molecule has 1 N–H and O–H groups in total. The van der Waals surface area contributed by atoms with Gasteiger partial charge in [-0.2, -0.15) is 0 Å². The van der Waals surface area contributed by atoms with E-state index < -0.39 is 0 Å². The number of amides is 1. The molecule has 0 bridgehead atoms. The van der Waals surface area contributed by atoms with Crippen molar-refractivity contribution >= 4 is 21.8 Å². The highest BCUT2D eigenvalue weighted by Gasteiger charge is 2.27. The number of nitrogens with zero attached hydrogens (tertiary/aromatic N) is 1. The summed E-state index contributed by atoms with van der Waals surface area (Å²) < 4.78 is 0.801. The zero-order chi connectivity index (χ0) is 9.42. The summed E-state index contributed by atoms with van der Waals surface area (Å²) in [6.45, 7) is 1.59. The Morgan fingerprint density at radius 3 is 2.77 bits per heavy atom. The van der Waals surface area contributed by atoms with Crippen LogP contribution in [0.25, 0.3) is 0 Å². The highest BCUT2D eigenvalue weighted by molar-refractivity contribution is 9.10. The molecular weight excluding hydrogens is 234 g/mol. The molecule has 1 aliphatic heterocycles. The van der Waals surface area contributed by atoms with Crippen LogP contribution < -0.4 is 0 Å². The van der Waals surface area contributed by atoms with Crippen LogP contribution in [0.4, 0.5) is 0 Å². The first kappa shape index (κ1) is 8.56. The second kappa shape index (κ2) is 3.03. The molecule has 1 fully saturated rings. The van der Waals surface area contributed by atoms with E-state index in [1.165, 1.54) is 6.07 Å². The summed E-state index contributed by atoms with van der Waals surface area (Å²) in [4.78, 5) is 13.2. The van der Waals surface area contributed by atoms with Gasteiger partial charge >= 0.3 is 0 Å². The molecule has 3 nitrogen and oxygen atoms in total. The maximum absolute atomic E-state index is 11.5. The minimum Gasteiger partial charge on any atom is -0.507 e. The van der Waals surface area contributed by atoms with Gasteiger partial charge in [-0.1, -0.05) is 15.9 Å². The van der Waals surface area contributed by atoms with Gasteiger partial charge < -0.3 is 10.0 Å². The van der Waals surface area contributed by atoms with Gasteiger partial charge in [-0.3, -0.25) is 4.79 Å². The van der Waals surface area contributed by atoms with Crippen molar-refractivity contribution in [1.29, 1.82) is 0 Å². The molecule has 0 unspecified atom stereocenters. The normalized spacial score (nSPS) is 14.4. The van der Waals surface area contributed by atoms with E-state index in [2.05, 4.69) is 15.9 Å². The lowest BCUT2D eigenvalue weighted by Gasteiger charge is -2.04. The molecule has 0 aliphatic carbocycles. The molecule has 0 spiro atoms. The number of halogens is 1. The van der Waals surface area contributed by atoms with Crippen molar-refractivity contribution < 1.29 is 9.90 Å². The number of carbonyl (C=O) groups excluding carboxylic acids is 1. The molecule has 0 atom stereocenters. The molecule has 1 heterocycles. The van der Waals surface area contributed by atoms with Crippen LogP contribution in [0.15, 0.2) is 22.7 Å². The van der Waals surface area contributed by atoms with Crippen LogP contribution in [0.2, 0.25) is 0 Å². The first-order valence-corrected chi connectivity index (χ1v) is 4.75. The van der Waals surface area contributed by atoms with E-state index in [0.717, 1.165) is 17.6 Å². The van der Waals surface area contributed by atoms with E-state index in [4.69, 9.17) is 0 Å². The molecule has 68 valence electrons. The Morgan fingerprint density at radius 2 is 2.15 bits per heavy atom. The topological polar surface area (TPSA) is 40.3 Å². The summed E-state index contributed by atoms with van der Waals surface area (Å²) in [6, 6.07) is 4.85. The molecule has 2 rings (SSSR count). The number of hydrogen-bond donors (Lipinski definition) is 1. The van der Waals surface area contributed by atoms with Crippen LogP contribution >= 0.6 is 15.9 Å².